The summed E-state index contributed by atoms with van der Waals surface area (Å²) in [5.41, 5.74) is 8.99. The fourth-order valence-corrected chi connectivity index (χ4v) is 3.86. The average molecular weight is 433 g/mol. The van der Waals surface area contributed by atoms with Crippen LogP contribution in [0.2, 0.25) is 0 Å². The van der Waals surface area contributed by atoms with E-state index < -0.39 is 5.91 Å². The Kier molecular flexibility index (Phi) is 4.98. The van der Waals surface area contributed by atoms with Gasteiger partial charge in [0.05, 0.1) is 26.0 Å². The zero-order chi connectivity index (χ0) is 22.2. The van der Waals surface area contributed by atoms with Gasteiger partial charge in [-0.25, -0.2) is 9.67 Å². The van der Waals surface area contributed by atoms with Crippen molar-refractivity contribution in [2.24, 2.45) is 5.73 Å². The Morgan fingerprint density at radius 3 is 2.69 bits per heavy atom. The van der Waals surface area contributed by atoms with Gasteiger partial charge in [0.1, 0.15) is 5.82 Å². The summed E-state index contributed by atoms with van der Waals surface area (Å²) < 4.78 is 14.3. The van der Waals surface area contributed by atoms with E-state index in [9.17, 15) is 4.79 Å². The van der Waals surface area contributed by atoms with Crippen molar-refractivity contribution in [1.29, 1.82) is 0 Å². The molecule has 1 aromatic carbocycles. The summed E-state index contributed by atoms with van der Waals surface area (Å²) in [5.74, 6) is 0.890. The maximum absolute atomic E-state index is 12.0. The first-order chi connectivity index (χ1) is 15.5. The van der Waals surface area contributed by atoms with Gasteiger partial charge in [-0.15, -0.1) is 0 Å². The molecule has 10 nitrogen and oxygen atoms in total. The van der Waals surface area contributed by atoms with Crippen LogP contribution < -0.4 is 15.4 Å². The maximum Gasteiger partial charge on any atom is 0.273 e. The molecular formula is C22H23N7O3. The van der Waals surface area contributed by atoms with Gasteiger partial charge in [-0.1, -0.05) is 23.8 Å². The van der Waals surface area contributed by atoms with Crippen LogP contribution >= 0.6 is 0 Å². The highest BCUT2D eigenvalue weighted by Crippen LogP contribution is 2.29. The fraction of sp³-hybridized carbons (Fsp3) is 0.273. The second kappa shape index (κ2) is 7.97. The molecule has 32 heavy (non-hydrogen) atoms. The van der Waals surface area contributed by atoms with Crippen molar-refractivity contribution in [2.75, 3.05) is 38.3 Å². The Morgan fingerprint density at radius 2 is 1.97 bits per heavy atom. The number of hydrogen-bond donors (Lipinski definition) is 1. The van der Waals surface area contributed by atoms with Gasteiger partial charge >= 0.3 is 0 Å². The van der Waals surface area contributed by atoms with E-state index in [1.807, 2.05) is 43.5 Å². The quantitative estimate of drug-likeness (QED) is 0.511. The first kappa shape index (κ1) is 20.0. The van der Waals surface area contributed by atoms with Gasteiger partial charge in [-0.2, -0.15) is 14.7 Å². The molecule has 0 unspecified atom stereocenters. The number of aromatic nitrogens is 5. The van der Waals surface area contributed by atoms with Crippen LogP contribution in [0.5, 0.6) is 5.75 Å². The zero-order valence-corrected chi connectivity index (χ0v) is 17.9. The highest BCUT2D eigenvalue weighted by molar-refractivity contribution is 5.96. The van der Waals surface area contributed by atoms with Crippen molar-refractivity contribution in [1.82, 2.24) is 24.4 Å². The van der Waals surface area contributed by atoms with E-state index in [4.69, 9.17) is 25.3 Å². The number of benzene rings is 1. The van der Waals surface area contributed by atoms with Crippen LogP contribution in [0.1, 0.15) is 16.1 Å². The largest absolute Gasteiger partial charge is 0.491 e. The van der Waals surface area contributed by atoms with Gasteiger partial charge in [0.25, 0.3) is 5.91 Å². The lowest BCUT2D eigenvalue weighted by Gasteiger charge is -2.29. The number of hydrogen-bond acceptors (Lipinski definition) is 7. The predicted octanol–water partition coefficient (Wildman–Crippen LogP) is 1.83. The number of amides is 1. The summed E-state index contributed by atoms with van der Waals surface area (Å²) in [7, 11) is 1.47. The second-order valence-corrected chi connectivity index (χ2v) is 7.57. The minimum atomic E-state index is -0.678. The Balaban J connectivity index is 1.67. The summed E-state index contributed by atoms with van der Waals surface area (Å²) >= 11 is 0. The maximum atomic E-state index is 12.0. The molecule has 0 spiro atoms. The van der Waals surface area contributed by atoms with Gasteiger partial charge in [0, 0.05) is 30.9 Å². The summed E-state index contributed by atoms with van der Waals surface area (Å²) in [6.07, 6.45) is 1.86. The van der Waals surface area contributed by atoms with Crippen molar-refractivity contribution in [3.8, 4) is 22.8 Å². The lowest BCUT2D eigenvalue weighted by molar-refractivity contribution is 0.0992. The molecular weight excluding hydrogens is 410 g/mol. The molecule has 3 aromatic heterocycles. The Hall–Kier alpha value is -3.92. The molecule has 1 saturated heterocycles. The standard InChI is InChI=1S/C22H23N7O3/c1-14-4-3-5-15(12-14)16-6-7-28(25-16)17-13-18(27-8-10-32-11-9-27)29-22(24-17)20(31-2)19(26-29)21(23)30/h3-7,12-13H,8-11H2,1-2H3,(H2,23,30). The van der Waals surface area contributed by atoms with Gasteiger partial charge < -0.3 is 20.1 Å². The van der Waals surface area contributed by atoms with Crippen molar-refractivity contribution in [2.45, 2.75) is 6.92 Å². The van der Waals surface area contributed by atoms with E-state index >= 15 is 0 Å². The van der Waals surface area contributed by atoms with Gasteiger partial charge in [-0.05, 0) is 19.1 Å². The molecule has 1 aliphatic heterocycles. The minimum Gasteiger partial charge on any atom is -0.491 e. The molecule has 0 radical (unpaired) electrons. The molecule has 10 heteroatoms. The monoisotopic (exact) mass is 433 g/mol. The number of primary amides is 1. The van der Waals surface area contributed by atoms with E-state index in [2.05, 4.69) is 16.1 Å². The van der Waals surface area contributed by atoms with Crippen molar-refractivity contribution >= 4 is 17.4 Å². The van der Waals surface area contributed by atoms with Crippen LogP contribution in [0.4, 0.5) is 5.82 Å². The first-order valence-corrected chi connectivity index (χ1v) is 10.3. The van der Waals surface area contributed by atoms with Gasteiger partial charge in [-0.3, -0.25) is 4.79 Å². The molecule has 2 N–H and O–H groups in total. The number of aryl methyl sites for hydroxylation is 1. The van der Waals surface area contributed by atoms with Crippen LogP contribution in [0.25, 0.3) is 22.7 Å². The number of methoxy groups -OCH3 is 1. The summed E-state index contributed by atoms with van der Waals surface area (Å²) in [6, 6.07) is 12.0. The molecule has 0 bridgehead atoms. The van der Waals surface area contributed by atoms with Gasteiger partial charge in [0.2, 0.25) is 5.65 Å². The number of nitrogens with two attached hydrogens (primary N) is 1. The highest BCUT2D eigenvalue weighted by atomic mass is 16.5. The SMILES string of the molecule is COc1c(C(N)=O)nn2c(N3CCOCC3)cc(-n3ccc(-c4cccc(C)c4)n3)nc12. The summed E-state index contributed by atoms with van der Waals surface area (Å²) in [5, 5.41) is 9.13. The number of ether oxygens (including phenoxy) is 2. The molecule has 4 heterocycles. The van der Waals surface area contributed by atoms with E-state index in [1.54, 1.807) is 9.20 Å². The predicted molar refractivity (Wildman–Crippen MR) is 118 cm³/mol. The third-order valence-electron chi connectivity index (χ3n) is 5.42. The molecule has 5 rings (SSSR count). The Bertz CT molecular complexity index is 1300. The smallest absolute Gasteiger partial charge is 0.273 e. The fourth-order valence-electron chi connectivity index (χ4n) is 3.86. The van der Waals surface area contributed by atoms with E-state index in [1.165, 1.54) is 7.11 Å². The molecule has 164 valence electrons. The minimum absolute atomic E-state index is 0.0348. The number of anilines is 1. The van der Waals surface area contributed by atoms with Crippen LogP contribution in [0, 0.1) is 6.92 Å². The third kappa shape index (κ3) is 3.44. The normalized spacial score (nSPS) is 14.1. The van der Waals surface area contributed by atoms with E-state index in [0.29, 0.717) is 37.8 Å². The molecule has 1 aliphatic rings. The Labute approximate surface area is 184 Å². The van der Waals surface area contributed by atoms with Crippen molar-refractivity contribution in [3.63, 3.8) is 0 Å². The van der Waals surface area contributed by atoms with Crippen LogP contribution in [-0.2, 0) is 4.74 Å². The third-order valence-corrected chi connectivity index (χ3v) is 5.42. The van der Waals surface area contributed by atoms with Crippen molar-refractivity contribution in [3.05, 3.63) is 53.9 Å². The topological polar surface area (TPSA) is 113 Å². The van der Waals surface area contributed by atoms with E-state index in [-0.39, 0.29) is 11.4 Å². The molecule has 0 aliphatic carbocycles. The number of nitrogens with zero attached hydrogens (tertiary/aromatic N) is 6. The van der Waals surface area contributed by atoms with Crippen molar-refractivity contribution < 1.29 is 14.3 Å². The number of fused-ring (bicyclic) bond motifs is 1. The lowest BCUT2D eigenvalue weighted by atomic mass is 10.1. The van der Waals surface area contributed by atoms with Crippen LogP contribution in [0.3, 0.4) is 0 Å². The van der Waals surface area contributed by atoms with Crippen LogP contribution in [-0.4, -0.2) is 63.7 Å². The highest BCUT2D eigenvalue weighted by Gasteiger charge is 2.25. The number of carbonyl (C=O) groups excluding carboxylic acids is 1. The Morgan fingerprint density at radius 1 is 1.16 bits per heavy atom. The second-order valence-electron chi connectivity index (χ2n) is 7.57. The van der Waals surface area contributed by atoms with Gasteiger partial charge in [0.15, 0.2) is 17.3 Å². The van der Waals surface area contributed by atoms with Crippen LogP contribution in [0.15, 0.2) is 42.6 Å². The number of carbonyl (C=O) groups is 1. The summed E-state index contributed by atoms with van der Waals surface area (Å²) in [6.45, 7) is 4.60. The zero-order valence-electron chi connectivity index (χ0n) is 17.9. The summed E-state index contributed by atoms with van der Waals surface area (Å²) in [4.78, 5) is 18.8. The molecule has 1 amide bonds. The number of rotatable bonds is 5. The molecule has 1 fully saturated rings. The molecule has 4 aromatic rings. The molecule has 0 saturated carbocycles. The average Bonchev–Trinajstić information content (AvgIpc) is 3.44. The van der Waals surface area contributed by atoms with E-state index in [0.717, 1.165) is 22.6 Å². The number of morpholine rings is 1. The lowest BCUT2D eigenvalue weighted by Crippen LogP contribution is -2.37. The first-order valence-electron chi connectivity index (χ1n) is 10.3. The molecule has 0 atom stereocenters.